The summed E-state index contributed by atoms with van der Waals surface area (Å²) in [6.45, 7) is 0. The van der Waals surface area contributed by atoms with E-state index < -0.39 is 5.91 Å². The predicted molar refractivity (Wildman–Crippen MR) is 50.5 cm³/mol. The molecule has 0 spiro atoms. The molecule has 4 heteroatoms. The average Bonchev–Trinajstić information content (AvgIpc) is 2.70. The van der Waals surface area contributed by atoms with Crippen molar-refractivity contribution in [3.63, 3.8) is 0 Å². The van der Waals surface area contributed by atoms with Gasteiger partial charge in [0.25, 0.3) is 0 Å². The van der Waals surface area contributed by atoms with Crippen molar-refractivity contribution in [3.8, 4) is 11.1 Å². The molecule has 0 aliphatic carbocycles. The van der Waals surface area contributed by atoms with Crippen LogP contribution in [0.4, 0.5) is 0 Å². The van der Waals surface area contributed by atoms with Gasteiger partial charge in [-0.25, -0.2) is 0 Å². The first kappa shape index (κ1) is 8.50. The molecule has 0 saturated heterocycles. The first-order valence-electron chi connectivity index (χ1n) is 4.07. The quantitative estimate of drug-likeness (QED) is 0.775. The lowest BCUT2D eigenvalue weighted by Crippen LogP contribution is -2.11. The van der Waals surface area contributed by atoms with Crippen molar-refractivity contribution in [2.45, 2.75) is 0 Å². The van der Waals surface area contributed by atoms with Crippen LogP contribution in [-0.4, -0.2) is 11.1 Å². The first-order chi connectivity index (χ1) is 6.79. The van der Waals surface area contributed by atoms with Gasteiger partial charge in [0.2, 0.25) is 5.91 Å². The minimum atomic E-state index is -0.457. The number of amides is 1. The van der Waals surface area contributed by atoms with Crippen LogP contribution in [0.5, 0.6) is 0 Å². The fraction of sp³-hybridized carbons (Fsp3) is 0. The molecule has 14 heavy (non-hydrogen) atoms. The van der Waals surface area contributed by atoms with E-state index in [4.69, 9.17) is 10.3 Å². The standard InChI is InChI=1S/C10H8N2O2/c11-10(13)9-4-2-1-3-8(9)7-5-12-14-6-7/h1-6H,(H2,11,13). The zero-order valence-electron chi connectivity index (χ0n) is 7.31. The topological polar surface area (TPSA) is 69.1 Å². The highest BCUT2D eigenvalue weighted by molar-refractivity contribution is 5.99. The molecule has 0 saturated carbocycles. The highest BCUT2D eigenvalue weighted by atomic mass is 16.5. The van der Waals surface area contributed by atoms with Crippen molar-refractivity contribution in [3.05, 3.63) is 42.3 Å². The number of hydrogen-bond acceptors (Lipinski definition) is 3. The fourth-order valence-corrected chi connectivity index (χ4v) is 1.29. The molecule has 4 nitrogen and oxygen atoms in total. The van der Waals surface area contributed by atoms with E-state index in [1.54, 1.807) is 24.4 Å². The van der Waals surface area contributed by atoms with Crippen LogP contribution in [0.15, 0.2) is 41.2 Å². The maximum Gasteiger partial charge on any atom is 0.249 e. The zero-order chi connectivity index (χ0) is 9.97. The van der Waals surface area contributed by atoms with Gasteiger partial charge >= 0.3 is 0 Å². The smallest absolute Gasteiger partial charge is 0.249 e. The van der Waals surface area contributed by atoms with E-state index in [0.29, 0.717) is 5.56 Å². The Bertz CT molecular complexity index is 449. The number of carbonyl (C=O) groups excluding carboxylic acids is 1. The maximum absolute atomic E-state index is 11.1. The molecule has 0 aliphatic rings. The van der Waals surface area contributed by atoms with E-state index in [2.05, 4.69) is 5.16 Å². The van der Waals surface area contributed by atoms with E-state index >= 15 is 0 Å². The van der Waals surface area contributed by atoms with Crippen LogP contribution in [-0.2, 0) is 0 Å². The Hall–Kier alpha value is -2.10. The van der Waals surface area contributed by atoms with Crippen molar-refractivity contribution in [2.75, 3.05) is 0 Å². The van der Waals surface area contributed by atoms with Crippen molar-refractivity contribution >= 4 is 5.91 Å². The molecule has 1 heterocycles. The van der Waals surface area contributed by atoms with Gasteiger partial charge in [-0.05, 0) is 11.6 Å². The van der Waals surface area contributed by atoms with Crippen molar-refractivity contribution in [2.24, 2.45) is 5.73 Å². The van der Waals surface area contributed by atoms with Gasteiger partial charge < -0.3 is 10.3 Å². The number of benzene rings is 1. The third kappa shape index (κ3) is 1.37. The summed E-state index contributed by atoms with van der Waals surface area (Å²) in [7, 11) is 0. The molecule has 2 N–H and O–H groups in total. The van der Waals surface area contributed by atoms with Gasteiger partial charge in [0.15, 0.2) is 0 Å². The van der Waals surface area contributed by atoms with Gasteiger partial charge in [-0.2, -0.15) is 0 Å². The van der Waals surface area contributed by atoms with E-state index in [0.717, 1.165) is 11.1 Å². The van der Waals surface area contributed by atoms with Crippen LogP contribution in [0.2, 0.25) is 0 Å². The minimum Gasteiger partial charge on any atom is -0.366 e. The van der Waals surface area contributed by atoms with E-state index in [9.17, 15) is 4.79 Å². The monoisotopic (exact) mass is 188 g/mol. The van der Waals surface area contributed by atoms with E-state index in [1.165, 1.54) is 6.26 Å². The molecule has 0 atom stereocenters. The average molecular weight is 188 g/mol. The second kappa shape index (κ2) is 3.33. The highest BCUT2D eigenvalue weighted by Gasteiger charge is 2.09. The first-order valence-corrected chi connectivity index (χ1v) is 4.07. The summed E-state index contributed by atoms with van der Waals surface area (Å²) in [5, 5.41) is 3.57. The van der Waals surface area contributed by atoms with Gasteiger partial charge in [0.1, 0.15) is 6.26 Å². The largest absolute Gasteiger partial charge is 0.366 e. The summed E-state index contributed by atoms with van der Waals surface area (Å²) in [5.74, 6) is -0.457. The molecule has 0 aliphatic heterocycles. The summed E-state index contributed by atoms with van der Waals surface area (Å²) in [6.07, 6.45) is 3.02. The lowest BCUT2D eigenvalue weighted by molar-refractivity contribution is 0.100. The number of nitrogens with zero attached hydrogens (tertiary/aromatic N) is 1. The number of carbonyl (C=O) groups is 1. The van der Waals surface area contributed by atoms with Gasteiger partial charge in [0.05, 0.1) is 6.20 Å². The molecule has 1 aromatic carbocycles. The Morgan fingerprint density at radius 3 is 2.79 bits per heavy atom. The number of nitrogens with two attached hydrogens (primary N) is 1. The van der Waals surface area contributed by atoms with Gasteiger partial charge in [-0.3, -0.25) is 4.79 Å². The molecular formula is C10H8N2O2. The van der Waals surface area contributed by atoms with Crippen molar-refractivity contribution in [1.82, 2.24) is 5.16 Å². The van der Waals surface area contributed by atoms with Crippen LogP contribution in [0, 0.1) is 0 Å². The third-order valence-electron chi connectivity index (χ3n) is 1.94. The van der Waals surface area contributed by atoms with Gasteiger partial charge in [-0.15, -0.1) is 0 Å². The van der Waals surface area contributed by atoms with Crippen LogP contribution in [0.1, 0.15) is 10.4 Å². The molecule has 70 valence electrons. The molecule has 1 aromatic heterocycles. The Balaban J connectivity index is 2.58. The molecule has 2 rings (SSSR count). The normalized spacial score (nSPS) is 10.0. The third-order valence-corrected chi connectivity index (χ3v) is 1.94. The Labute approximate surface area is 80.3 Å². The molecule has 0 unspecified atom stereocenters. The molecular weight excluding hydrogens is 180 g/mol. The second-order valence-electron chi connectivity index (χ2n) is 2.82. The number of aromatic nitrogens is 1. The summed E-state index contributed by atoms with van der Waals surface area (Å²) >= 11 is 0. The van der Waals surface area contributed by atoms with Crippen LogP contribution in [0.3, 0.4) is 0 Å². The predicted octanol–water partition coefficient (Wildman–Crippen LogP) is 1.44. The van der Waals surface area contributed by atoms with Gasteiger partial charge in [0, 0.05) is 11.1 Å². The fourth-order valence-electron chi connectivity index (χ4n) is 1.29. The van der Waals surface area contributed by atoms with Crippen LogP contribution < -0.4 is 5.73 Å². The SMILES string of the molecule is NC(=O)c1ccccc1-c1cnoc1. The highest BCUT2D eigenvalue weighted by Crippen LogP contribution is 2.22. The summed E-state index contributed by atoms with van der Waals surface area (Å²) in [5.41, 5.74) is 7.19. The lowest BCUT2D eigenvalue weighted by Gasteiger charge is -2.01. The summed E-state index contributed by atoms with van der Waals surface area (Å²) in [6, 6.07) is 7.06. The summed E-state index contributed by atoms with van der Waals surface area (Å²) < 4.78 is 4.70. The van der Waals surface area contributed by atoms with E-state index in [-0.39, 0.29) is 0 Å². The van der Waals surface area contributed by atoms with Crippen LogP contribution >= 0.6 is 0 Å². The Kier molecular flexibility index (Phi) is 2.02. The van der Waals surface area contributed by atoms with E-state index in [1.807, 2.05) is 6.07 Å². The Morgan fingerprint density at radius 1 is 1.36 bits per heavy atom. The molecule has 2 aromatic rings. The number of hydrogen-bond donors (Lipinski definition) is 1. The number of rotatable bonds is 2. The van der Waals surface area contributed by atoms with Gasteiger partial charge in [-0.1, -0.05) is 23.4 Å². The lowest BCUT2D eigenvalue weighted by atomic mass is 10.0. The van der Waals surface area contributed by atoms with Crippen LogP contribution in [0.25, 0.3) is 11.1 Å². The summed E-state index contributed by atoms with van der Waals surface area (Å²) in [4.78, 5) is 11.1. The zero-order valence-corrected chi connectivity index (χ0v) is 7.31. The molecule has 1 amide bonds. The molecule has 0 fully saturated rings. The number of primary amides is 1. The van der Waals surface area contributed by atoms with Crippen molar-refractivity contribution in [1.29, 1.82) is 0 Å². The second-order valence-corrected chi connectivity index (χ2v) is 2.82. The molecule has 0 radical (unpaired) electrons. The molecule has 0 bridgehead atoms. The Morgan fingerprint density at radius 2 is 2.14 bits per heavy atom. The minimum absolute atomic E-state index is 0.457. The van der Waals surface area contributed by atoms with Crippen molar-refractivity contribution < 1.29 is 9.32 Å². The maximum atomic E-state index is 11.1.